The van der Waals surface area contributed by atoms with Crippen molar-refractivity contribution < 1.29 is 14.7 Å². The Morgan fingerprint density at radius 1 is 1.44 bits per heavy atom. The number of pyridine rings is 1. The van der Waals surface area contributed by atoms with Crippen LogP contribution in [0.1, 0.15) is 12.0 Å². The number of rotatable bonds is 6. The largest absolute Gasteiger partial charge is 0.478 e. The van der Waals surface area contributed by atoms with Gasteiger partial charge in [-0.2, -0.15) is 0 Å². The predicted octanol–water partition coefficient (Wildman–Crippen LogP) is 0.727. The van der Waals surface area contributed by atoms with E-state index in [0.29, 0.717) is 24.3 Å². The summed E-state index contributed by atoms with van der Waals surface area (Å²) in [4.78, 5) is 25.7. The molecule has 0 saturated heterocycles. The Morgan fingerprint density at radius 2 is 2.22 bits per heavy atom. The first kappa shape index (κ1) is 13.9. The van der Waals surface area contributed by atoms with Gasteiger partial charge in [-0.1, -0.05) is 0 Å². The number of anilines is 1. The van der Waals surface area contributed by atoms with Gasteiger partial charge in [0.15, 0.2) is 0 Å². The molecule has 18 heavy (non-hydrogen) atoms. The molecule has 0 spiro atoms. The number of carbonyl (C=O) groups excluding carboxylic acids is 1. The molecule has 0 unspecified atom stereocenters. The Kier molecular flexibility index (Phi) is 5.53. The van der Waals surface area contributed by atoms with E-state index in [-0.39, 0.29) is 5.91 Å². The number of hydrogen-bond donors (Lipinski definition) is 3. The van der Waals surface area contributed by atoms with Crippen LogP contribution in [0.2, 0.25) is 0 Å². The van der Waals surface area contributed by atoms with E-state index in [9.17, 15) is 9.59 Å². The summed E-state index contributed by atoms with van der Waals surface area (Å²) in [7, 11) is 1.77. The van der Waals surface area contributed by atoms with Gasteiger partial charge in [0.2, 0.25) is 5.91 Å². The molecule has 1 aromatic rings. The molecule has 1 heterocycles. The van der Waals surface area contributed by atoms with Crippen LogP contribution < -0.4 is 10.6 Å². The van der Waals surface area contributed by atoms with Gasteiger partial charge >= 0.3 is 5.97 Å². The molecular weight excluding hydrogens is 234 g/mol. The summed E-state index contributed by atoms with van der Waals surface area (Å²) in [5, 5.41) is 14.0. The lowest BCUT2D eigenvalue weighted by Gasteiger charge is -2.04. The number of carbonyl (C=O) groups is 2. The van der Waals surface area contributed by atoms with Crippen LogP contribution in [0.15, 0.2) is 24.4 Å². The molecule has 6 heteroatoms. The third-order valence-electron chi connectivity index (χ3n) is 2.07. The van der Waals surface area contributed by atoms with E-state index in [1.54, 1.807) is 19.2 Å². The second-order valence-electron chi connectivity index (χ2n) is 3.55. The fourth-order valence-electron chi connectivity index (χ4n) is 1.19. The first-order chi connectivity index (χ1) is 8.61. The molecule has 0 aliphatic rings. The Morgan fingerprint density at radius 3 is 2.78 bits per heavy atom. The van der Waals surface area contributed by atoms with E-state index >= 15 is 0 Å². The SMILES string of the molecule is CNCCC(=O)Nc1ccc(/C=C/C(=O)O)cn1. The highest BCUT2D eigenvalue weighted by atomic mass is 16.4. The number of carboxylic acids is 1. The van der Waals surface area contributed by atoms with Gasteiger partial charge in [0.1, 0.15) is 5.82 Å². The van der Waals surface area contributed by atoms with Crippen molar-refractivity contribution in [1.29, 1.82) is 0 Å². The Labute approximate surface area is 105 Å². The Bertz CT molecular complexity index is 440. The number of nitrogens with zero attached hydrogens (tertiary/aromatic N) is 1. The summed E-state index contributed by atoms with van der Waals surface area (Å²) in [5.74, 6) is -0.686. The number of nitrogens with one attached hydrogen (secondary N) is 2. The Balaban J connectivity index is 2.55. The molecule has 3 N–H and O–H groups in total. The number of hydrogen-bond acceptors (Lipinski definition) is 4. The van der Waals surface area contributed by atoms with Gasteiger partial charge in [0.25, 0.3) is 0 Å². The van der Waals surface area contributed by atoms with E-state index in [2.05, 4.69) is 15.6 Å². The molecule has 1 rings (SSSR count). The molecule has 96 valence electrons. The monoisotopic (exact) mass is 249 g/mol. The molecule has 1 aromatic heterocycles. The van der Waals surface area contributed by atoms with Crippen molar-refractivity contribution in [3.63, 3.8) is 0 Å². The van der Waals surface area contributed by atoms with Gasteiger partial charge in [-0.05, 0) is 30.8 Å². The van der Waals surface area contributed by atoms with Crippen LogP contribution >= 0.6 is 0 Å². The normalized spacial score (nSPS) is 10.5. The molecule has 6 nitrogen and oxygen atoms in total. The van der Waals surface area contributed by atoms with Crippen LogP contribution in [0.4, 0.5) is 5.82 Å². The van der Waals surface area contributed by atoms with Crippen LogP contribution in [-0.2, 0) is 9.59 Å². The minimum atomic E-state index is -1.01. The molecule has 0 aliphatic heterocycles. The zero-order valence-electron chi connectivity index (χ0n) is 10.0. The number of amides is 1. The maximum Gasteiger partial charge on any atom is 0.328 e. The zero-order chi connectivity index (χ0) is 13.4. The summed E-state index contributed by atoms with van der Waals surface area (Å²) in [6.07, 6.45) is 4.33. The molecular formula is C12H15N3O3. The first-order valence-corrected chi connectivity index (χ1v) is 5.43. The van der Waals surface area contributed by atoms with E-state index in [0.717, 1.165) is 6.08 Å². The highest BCUT2D eigenvalue weighted by Crippen LogP contribution is 2.06. The number of carboxylic acid groups (broad SMARTS) is 1. The summed E-state index contributed by atoms with van der Waals surface area (Å²) in [6, 6.07) is 3.30. The van der Waals surface area contributed by atoms with Crippen molar-refractivity contribution in [2.75, 3.05) is 18.9 Å². The van der Waals surface area contributed by atoms with Crippen molar-refractivity contribution >= 4 is 23.8 Å². The molecule has 0 fully saturated rings. The maximum absolute atomic E-state index is 11.4. The van der Waals surface area contributed by atoms with Crippen molar-refractivity contribution in [2.24, 2.45) is 0 Å². The van der Waals surface area contributed by atoms with E-state index in [1.165, 1.54) is 12.3 Å². The summed E-state index contributed by atoms with van der Waals surface area (Å²) < 4.78 is 0. The third kappa shape index (κ3) is 5.22. The second-order valence-corrected chi connectivity index (χ2v) is 3.55. The van der Waals surface area contributed by atoms with Crippen LogP contribution in [0.25, 0.3) is 6.08 Å². The lowest BCUT2D eigenvalue weighted by Crippen LogP contribution is -2.19. The minimum absolute atomic E-state index is 0.120. The van der Waals surface area contributed by atoms with Gasteiger partial charge in [-0.3, -0.25) is 4.79 Å². The first-order valence-electron chi connectivity index (χ1n) is 5.43. The van der Waals surface area contributed by atoms with Gasteiger partial charge in [0.05, 0.1) is 0 Å². The number of aromatic nitrogens is 1. The third-order valence-corrected chi connectivity index (χ3v) is 2.07. The molecule has 0 aliphatic carbocycles. The van der Waals surface area contributed by atoms with Crippen LogP contribution in [0.5, 0.6) is 0 Å². The fourth-order valence-corrected chi connectivity index (χ4v) is 1.19. The minimum Gasteiger partial charge on any atom is -0.478 e. The molecule has 0 atom stereocenters. The molecule has 0 saturated carbocycles. The topological polar surface area (TPSA) is 91.3 Å². The molecule has 0 aromatic carbocycles. The standard InChI is InChI=1S/C12H15N3O3/c1-13-7-6-11(16)15-10-4-2-9(8-14-10)3-5-12(17)18/h2-5,8,13H,6-7H2,1H3,(H,17,18)(H,14,15,16)/b5-3+. The van der Waals surface area contributed by atoms with Gasteiger partial charge in [-0.25, -0.2) is 9.78 Å². The highest BCUT2D eigenvalue weighted by molar-refractivity contribution is 5.90. The van der Waals surface area contributed by atoms with Crippen molar-refractivity contribution in [3.8, 4) is 0 Å². The van der Waals surface area contributed by atoms with Crippen molar-refractivity contribution in [1.82, 2.24) is 10.3 Å². The number of aliphatic carboxylic acids is 1. The lowest BCUT2D eigenvalue weighted by atomic mass is 10.2. The fraction of sp³-hybridized carbons (Fsp3) is 0.250. The quantitative estimate of drug-likeness (QED) is 0.646. The summed E-state index contributed by atoms with van der Waals surface area (Å²) in [6.45, 7) is 0.602. The summed E-state index contributed by atoms with van der Waals surface area (Å²) in [5.41, 5.74) is 0.658. The molecule has 0 radical (unpaired) electrons. The van der Waals surface area contributed by atoms with E-state index in [1.807, 2.05) is 0 Å². The highest BCUT2D eigenvalue weighted by Gasteiger charge is 2.01. The summed E-state index contributed by atoms with van der Waals surface area (Å²) >= 11 is 0. The van der Waals surface area contributed by atoms with Crippen molar-refractivity contribution in [3.05, 3.63) is 30.0 Å². The predicted molar refractivity (Wildman–Crippen MR) is 68.1 cm³/mol. The van der Waals surface area contributed by atoms with Gasteiger partial charge in [-0.15, -0.1) is 0 Å². The smallest absolute Gasteiger partial charge is 0.328 e. The average molecular weight is 249 g/mol. The van der Waals surface area contributed by atoms with Crippen LogP contribution in [-0.4, -0.2) is 35.6 Å². The van der Waals surface area contributed by atoms with Crippen LogP contribution in [0.3, 0.4) is 0 Å². The van der Waals surface area contributed by atoms with Gasteiger partial charge < -0.3 is 15.7 Å². The van der Waals surface area contributed by atoms with E-state index < -0.39 is 5.97 Å². The molecule has 0 bridgehead atoms. The maximum atomic E-state index is 11.4. The second kappa shape index (κ2) is 7.18. The van der Waals surface area contributed by atoms with Gasteiger partial charge in [0, 0.05) is 25.2 Å². The zero-order valence-corrected chi connectivity index (χ0v) is 10.0. The van der Waals surface area contributed by atoms with Crippen LogP contribution in [0, 0.1) is 0 Å². The Hall–Kier alpha value is -2.21. The van der Waals surface area contributed by atoms with E-state index in [4.69, 9.17) is 5.11 Å². The molecule has 1 amide bonds. The van der Waals surface area contributed by atoms with Crippen molar-refractivity contribution in [2.45, 2.75) is 6.42 Å². The lowest BCUT2D eigenvalue weighted by molar-refractivity contribution is -0.131. The average Bonchev–Trinajstić information content (AvgIpc) is 2.35.